The maximum absolute atomic E-state index is 13.5. The van der Waals surface area contributed by atoms with Gasteiger partial charge in [-0.05, 0) is 39.2 Å². The zero-order chi connectivity index (χ0) is 25.0. The van der Waals surface area contributed by atoms with Crippen molar-refractivity contribution in [3.05, 3.63) is 62.9 Å². The van der Waals surface area contributed by atoms with Gasteiger partial charge in [-0.3, -0.25) is 4.57 Å². The first-order valence-corrected chi connectivity index (χ1v) is 11.8. The number of aryl methyl sites for hydroxylation is 1. The van der Waals surface area contributed by atoms with Crippen LogP contribution in [0, 0.1) is 12.8 Å². The first kappa shape index (κ1) is 25.7. The number of rotatable bonds is 8. The van der Waals surface area contributed by atoms with Gasteiger partial charge in [-0.2, -0.15) is 9.61 Å². The lowest BCUT2D eigenvalue weighted by atomic mass is 10.0. The Labute approximate surface area is 204 Å². The van der Waals surface area contributed by atoms with Gasteiger partial charge in [-0.25, -0.2) is 14.6 Å². The van der Waals surface area contributed by atoms with Gasteiger partial charge in [-0.15, -0.1) is 0 Å². The third-order valence-electron chi connectivity index (χ3n) is 5.16. The second-order valence-corrected chi connectivity index (χ2v) is 9.94. The minimum absolute atomic E-state index is 0.0979. The van der Waals surface area contributed by atoms with E-state index < -0.39 is 11.7 Å². The fourth-order valence-corrected chi connectivity index (χ4v) is 3.75. The zero-order valence-corrected chi connectivity index (χ0v) is 21.3. The molecule has 1 amide bonds. The van der Waals surface area contributed by atoms with E-state index in [1.54, 1.807) is 11.5 Å². The second-order valence-electron chi connectivity index (χ2n) is 9.56. The summed E-state index contributed by atoms with van der Waals surface area (Å²) in [6.07, 6.45) is -0.475. The number of carbonyl (C=O) groups excluding carboxylic acids is 1. The van der Waals surface area contributed by atoms with Gasteiger partial charge in [0.05, 0.1) is 18.3 Å². The molecule has 10 heteroatoms. The maximum Gasteiger partial charge on any atom is 0.407 e. The maximum atomic E-state index is 13.5. The number of ether oxygens (including phenoxy) is 1. The van der Waals surface area contributed by atoms with Gasteiger partial charge < -0.3 is 15.4 Å². The van der Waals surface area contributed by atoms with Crippen LogP contribution in [-0.2, 0) is 11.3 Å². The summed E-state index contributed by atoms with van der Waals surface area (Å²) in [5.74, 6) is 0.663. The van der Waals surface area contributed by atoms with Gasteiger partial charge in [0.15, 0.2) is 5.65 Å². The summed E-state index contributed by atoms with van der Waals surface area (Å²) in [5, 5.41) is 10.8. The van der Waals surface area contributed by atoms with Crippen LogP contribution >= 0.6 is 11.6 Å². The van der Waals surface area contributed by atoms with E-state index >= 15 is 0 Å². The highest BCUT2D eigenvalue weighted by atomic mass is 35.5. The number of aromatic nitrogens is 4. The highest BCUT2D eigenvalue weighted by Gasteiger charge is 2.25. The molecule has 3 rings (SSSR count). The predicted molar refractivity (Wildman–Crippen MR) is 132 cm³/mol. The average Bonchev–Trinajstić information content (AvgIpc) is 3.04. The van der Waals surface area contributed by atoms with Crippen molar-refractivity contribution in [3.63, 3.8) is 0 Å². The normalized spacial score (nSPS) is 12.8. The average molecular weight is 489 g/mol. The summed E-state index contributed by atoms with van der Waals surface area (Å²) < 4.78 is 8.17. The van der Waals surface area contributed by atoms with Gasteiger partial charge in [0.2, 0.25) is 0 Å². The van der Waals surface area contributed by atoms with Crippen molar-refractivity contribution >= 4 is 23.3 Å². The van der Waals surface area contributed by atoms with E-state index in [9.17, 15) is 9.59 Å². The molecule has 0 aliphatic carbocycles. The monoisotopic (exact) mass is 488 g/mol. The minimum Gasteiger partial charge on any atom is -0.444 e. The van der Waals surface area contributed by atoms with E-state index in [4.69, 9.17) is 21.3 Å². The van der Waals surface area contributed by atoms with Gasteiger partial charge in [-0.1, -0.05) is 55.8 Å². The van der Waals surface area contributed by atoms with E-state index in [0.717, 1.165) is 5.56 Å². The van der Waals surface area contributed by atoms with Crippen LogP contribution in [0.15, 0.2) is 35.1 Å². The molecule has 0 aliphatic rings. The van der Waals surface area contributed by atoms with Crippen molar-refractivity contribution in [2.75, 3.05) is 13.1 Å². The lowest BCUT2D eigenvalue weighted by Gasteiger charge is -2.25. The molecule has 0 fully saturated rings. The number of hydrogen-bond acceptors (Lipinski definition) is 6. The van der Waals surface area contributed by atoms with Gasteiger partial charge in [0, 0.05) is 13.1 Å². The Morgan fingerprint density at radius 1 is 1.18 bits per heavy atom. The van der Waals surface area contributed by atoms with Gasteiger partial charge in [0.1, 0.15) is 16.4 Å². The van der Waals surface area contributed by atoms with Crippen LogP contribution < -0.4 is 16.3 Å². The Morgan fingerprint density at radius 3 is 2.47 bits per heavy atom. The fraction of sp³-hybridized carbons (Fsp3) is 0.500. The molecular weight excluding hydrogens is 456 g/mol. The van der Waals surface area contributed by atoms with Crippen molar-refractivity contribution in [1.82, 2.24) is 29.8 Å². The first-order chi connectivity index (χ1) is 16.0. The molecular formula is C24H33ClN6O3. The third kappa shape index (κ3) is 6.15. The molecule has 1 atom stereocenters. The molecule has 3 aromatic rings. The van der Waals surface area contributed by atoms with Crippen LogP contribution in [0.1, 0.15) is 57.7 Å². The summed E-state index contributed by atoms with van der Waals surface area (Å²) >= 11 is 6.42. The molecule has 2 N–H and O–H groups in total. The number of carbonyl (C=O) groups is 1. The zero-order valence-electron chi connectivity index (χ0n) is 20.6. The second kappa shape index (κ2) is 10.6. The number of hydrogen-bond donors (Lipinski definition) is 2. The van der Waals surface area contributed by atoms with Crippen molar-refractivity contribution in [3.8, 4) is 0 Å². The summed E-state index contributed by atoms with van der Waals surface area (Å²) in [6.45, 7) is 12.4. The molecule has 2 heterocycles. The molecule has 0 saturated carbocycles. The highest BCUT2D eigenvalue weighted by molar-refractivity contribution is 6.34. The fourth-order valence-electron chi connectivity index (χ4n) is 3.59. The SMILES string of the molecule is Cc1nn2c(=O)n(Cc3ccccc3)c(C(NCCNC(=O)OC(C)(C)C)C(C)C)nc2c1Cl. The number of benzene rings is 1. The van der Waals surface area contributed by atoms with Crippen molar-refractivity contribution in [2.45, 2.75) is 59.7 Å². The standard InChI is InChI=1S/C24H33ClN6O3/c1-15(2)19(26-12-13-27-22(32)34-24(4,5)6)21-28-20-18(25)16(3)29-31(20)23(33)30(21)14-17-10-8-7-9-11-17/h7-11,15,19,26H,12-14H2,1-6H3,(H,27,32). The Hall–Kier alpha value is -2.91. The van der Waals surface area contributed by atoms with Gasteiger partial charge in [0.25, 0.3) is 0 Å². The smallest absolute Gasteiger partial charge is 0.407 e. The Bertz CT molecular complexity index is 1200. The van der Waals surface area contributed by atoms with Crippen LogP contribution in [0.25, 0.3) is 5.65 Å². The topological polar surface area (TPSA) is 103 Å². The van der Waals surface area contributed by atoms with Crippen LogP contribution in [-0.4, -0.2) is 43.9 Å². The first-order valence-electron chi connectivity index (χ1n) is 11.4. The highest BCUT2D eigenvalue weighted by Crippen LogP contribution is 2.24. The van der Waals surface area contributed by atoms with E-state index in [1.807, 2.05) is 65.0 Å². The van der Waals surface area contributed by atoms with Crippen LogP contribution in [0.3, 0.4) is 0 Å². The third-order valence-corrected chi connectivity index (χ3v) is 5.60. The largest absolute Gasteiger partial charge is 0.444 e. The molecule has 0 aliphatic heterocycles. The molecule has 2 aromatic heterocycles. The van der Waals surface area contributed by atoms with Crippen LogP contribution in [0.4, 0.5) is 4.79 Å². The summed E-state index contributed by atoms with van der Waals surface area (Å²) in [6, 6.07) is 9.45. The van der Waals surface area contributed by atoms with Gasteiger partial charge >= 0.3 is 11.8 Å². The number of amides is 1. The van der Waals surface area contributed by atoms with E-state index in [0.29, 0.717) is 41.8 Å². The van der Waals surface area contributed by atoms with Crippen LogP contribution in [0.2, 0.25) is 5.02 Å². The lowest BCUT2D eigenvalue weighted by molar-refractivity contribution is 0.0527. The quantitative estimate of drug-likeness (QED) is 0.468. The molecule has 9 nitrogen and oxygen atoms in total. The van der Waals surface area contributed by atoms with Crippen LogP contribution in [0.5, 0.6) is 0 Å². The number of halogens is 1. The number of fused-ring (bicyclic) bond motifs is 1. The number of nitrogens with one attached hydrogen (secondary N) is 2. The molecule has 34 heavy (non-hydrogen) atoms. The molecule has 0 radical (unpaired) electrons. The summed E-state index contributed by atoms with van der Waals surface area (Å²) in [5.41, 5.74) is 0.982. The van der Waals surface area contributed by atoms with E-state index in [-0.39, 0.29) is 17.6 Å². The molecule has 0 saturated heterocycles. The van der Waals surface area contributed by atoms with Crippen molar-refractivity contribution < 1.29 is 9.53 Å². The van der Waals surface area contributed by atoms with E-state index in [1.165, 1.54) is 4.52 Å². The number of alkyl carbamates (subject to hydrolysis) is 1. The van der Waals surface area contributed by atoms with Crippen molar-refractivity contribution in [1.29, 1.82) is 0 Å². The molecule has 0 bridgehead atoms. The molecule has 184 valence electrons. The van der Waals surface area contributed by atoms with Crippen molar-refractivity contribution in [2.24, 2.45) is 5.92 Å². The molecule has 0 spiro atoms. The molecule has 1 aromatic carbocycles. The Balaban J connectivity index is 1.92. The summed E-state index contributed by atoms with van der Waals surface area (Å²) in [7, 11) is 0. The lowest BCUT2D eigenvalue weighted by Crippen LogP contribution is -2.41. The Morgan fingerprint density at radius 2 is 1.85 bits per heavy atom. The summed E-state index contributed by atoms with van der Waals surface area (Å²) in [4.78, 5) is 30.2. The Kier molecular flexibility index (Phi) is 7.99. The predicted octanol–water partition coefficient (Wildman–Crippen LogP) is 3.71. The molecule has 1 unspecified atom stereocenters. The minimum atomic E-state index is -0.562. The van der Waals surface area contributed by atoms with E-state index in [2.05, 4.69) is 15.7 Å². The number of nitrogens with zero attached hydrogens (tertiary/aromatic N) is 4.